The lowest BCUT2D eigenvalue weighted by Gasteiger charge is -2.00. The predicted octanol–water partition coefficient (Wildman–Crippen LogP) is 3.16. The van der Waals surface area contributed by atoms with Crippen LogP contribution in [0.1, 0.15) is 17.3 Å². The third-order valence-electron chi connectivity index (χ3n) is 2.78. The van der Waals surface area contributed by atoms with Crippen LogP contribution in [0.5, 0.6) is 0 Å². The number of nitrogens with zero attached hydrogens (tertiary/aromatic N) is 1. The molecule has 4 nitrogen and oxygen atoms in total. The molecular formula is C14H11NO3. The average molecular weight is 241 g/mol. The van der Waals surface area contributed by atoms with E-state index in [1.54, 1.807) is 43.6 Å². The van der Waals surface area contributed by atoms with Crippen LogP contribution in [0.4, 0.5) is 0 Å². The molecule has 0 aliphatic rings. The molecule has 0 unspecified atom stereocenters. The van der Waals surface area contributed by atoms with Crippen LogP contribution in [-0.2, 0) is 4.74 Å². The van der Waals surface area contributed by atoms with Crippen molar-refractivity contribution in [1.29, 1.82) is 0 Å². The van der Waals surface area contributed by atoms with Gasteiger partial charge in [-0.05, 0) is 31.2 Å². The zero-order valence-corrected chi connectivity index (χ0v) is 9.84. The standard InChI is InChI=1S/C14H11NO3/c1-2-17-14(16)9-3-4-12-10(7-9)11-8-15-6-5-13(11)18-12/h3-8H,2H2,1H3. The molecule has 3 aromatic rings. The molecule has 2 aromatic heterocycles. The summed E-state index contributed by atoms with van der Waals surface area (Å²) in [7, 11) is 0. The van der Waals surface area contributed by atoms with Gasteiger partial charge in [-0.15, -0.1) is 0 Å². The van der Waals surface area contributed by atoms with E-state index in [1.165, 1.54) is 0 Å². The first-order valence-electron chi connectivity index (χ1n) is 5.73. The molecule has 3 rings (SSSR count). The molecule has 0 aliphatic carbocycles. The number of benzene rings is 1. The summed E-state index contributed by atoms with van der Waals surface area (Å²) in [4.78, 5) is 15.7. The molecule has 0 atom stereocenters. The molecule has 1 aromatic carbocycles. The van der Waals surface area contributed by atoms with Gasteiger partial charge < -0.3 is 9.15 Å². The highest BCUT2D eigenvalue weighted by molar-refractivity contribution is 6.07. The Hall–Kier alpha value is -2.36. The molecular weight excluding hydrogens is 230 g/mol. The van der Waals surface area contributed by atoms with Gasteiger partial charge in [0, 0.05) is 23.2 Å². The van der Waals surface area contributed by atoms with Gasteiger partial charge in [-0.3, -0.25) is 4.98 Å². The first-order valence-corrected chi connectivity index (χ1v) is 5.73. The summed E-state index contributed by atoms with van der Waals surface area (Å²) in [6, 6.07) is 7.07. The normalized spacial score (nSPS) is 10.9. The summed E-state index contributed by atoms with van der Waals surface area (Å²) < 4.78 is 10.6. The van der Waals surface area contributed by atoms with Crippen molar-refractivity contribution in [3.63, 3.8) is 0 Å². The van der Waals surface area contributed by atoms with Crippen LogP contribution in [0.3, 0.4) is 0 Å². The van der Waals surface area contributed by atoms with Crippen molar-refractivity contribution in [3.8, 4) is 0 Å². The van der Waals surface area contributed by atoms with Crippen molar-refractivity contribution in [2.24, 2.45) is 0 Å². The molecule has 0 radical (unpaired) electrons. The second-order valence-corrected chi connectivity index (χ2v) is 3.91. The van der Waals surface area contributed by atoms with Gasteiger partial charge in [0.05, 0.1) is 12.2 Å². The summed E-state index contributed by atoms with van der Waals surface area (Å²) >= 11 is 0. The smallest absolute Gasteiger partial charge is 0.338 e. The van der Waals surface area contributed by atoms with E-state index in [2.05, 4.69) is 4.98 Å². The van der Waals surface area contributed by atoms with Gasteiger partial charge in [-0.2, -0.15) is 0 Å². The number of carbonyl (C=O) groups is 1. The van der Waals surface area contributed by atoms with Gasteiger partial charge in [0.15, 0.2) is 0 Å². The molecule has 2 heterocycles. The number of esters is 1. The molecule has 90 valence electrons. The number of furan rings is 1. The Labute approximate surface area is 103 Å². The predicted molar refractivity (Wildman–Crippen MR) is 67.5 cm³/mol. The Morgan fingerprint density at radius 1 is 1.28 bits per heavy atom. The van der Waals surface area contributed by atoms with Crippen LogP contribution in [0.15, 0.2) is 41.1 Å². The maximum absolute atomic E-state index is 11.7. The molecule has 4 heteroatoms. The summed E-state index contributed by atoms with van der Waals surface area (Å²) in [5.74, 6) is -0.322. The Morgan fingerprint density at radius 2 is 2.11 bits per heavy atom. The second-order valence-electron chi connectivity index (χ2n) is 3.91. The molecule has 18 heavy (non-hydrogen) atoms. The Morgan fingerprint density at radius 3 is 2.94 bits per heavy atom. The second kappa shape index (κ2) is 4.14. The molecule has 0 saturated carbocycles. The Bertz CT molecular complexity index is 730. The topological polar surface area (TPSA) is 52.3 Å². The SMILES string of the molecule is CCOC(=O)c1ccc2oc3ccncc3c2c1. The third-order valence-corrected chi connectivity index (χ3v) is 2.78. The van der Waals surface area contributed by atoms with Gasteiger partial charge in [0.1, 0.15) is 11.2 Å². The summed E-state index contributed by atoms with van der Waals surface area (Å²) in [5.41, 5.74) is 2.03. The number of pyridine rings is 1. The van der Waals surface area contributed by atoms with Crippen molar-refractivity contribution >= 4 is 27.9 Å². The van der Waals surface area contributed by atoms with Crippen molar-refractivity contribution < 1.29 is 13.9 Å². The zero-order chi connectivity index (χ0) is 12.5. The Kier molecular flexibility index (Phi) is 2.48. The number of rotatable bonds is 2. The number of ether oxygens (including phenoxy) is 1. The fourth-order valence-corrected chi connectivity index (χ4v) is 1.96. The van der Waals surface area contributed by atoms with Gasteiger partial charge >= 0.3 is 5.97 Å². The van der Waals surface area contributed by atoms with Crippen molar-refractivity contribution in [1.82, 2.24) is 4.98 Å². The highest BCUT2D eigenvalue weighted by Crippen LogP contribution is 2.28. The third kappa shape index (κ3) is 1.62. The van der Waals surface area contributed by atoms with Crippen molar-refractivity contribution in [2.75, 3.05) is 6.61 Å². The molecule has 0 spiro atoms. The number of hydrogen-bond acceptors (Lipinski definition) is 4. The number of fused-ring (bicyclic) bond motifs is 3. The zero-order valence-electron chi connectivity index (χ0n) is 9.84. The first-order chi connectivity index (χ1) is 8.79. The van der Waals surface area contributed by atoms with Crippen LogP contribution in [0.25, 0.3) is 21.9 Å². The van der Waals surface area contributed by atoms with E-state index in [9.17, 15) is 4.79 Å². The number of aromatic nitrogens is 1. The molecule has 0 bridgehead atoms. The highest BCUT2D eigenvalue weighted by Gasteiger charge is 2.11. The quantitative estimate of drug-likeness (QED) is 0.647. The van der Waals surface area contributed by atoms with E-state index in [0.717, 1.165) is 21.9 Å². The lowest BCUT2D eigenvalue weighted by Crippen LogP contribution is -2.03. The van der Waals surface area contributed by atoms with Gasteiger partial charge in [-0.25, -0.2) is 4.79 Å². The lowest BCUT2D eigenvalue weighted by molar-refractivity contribution is 0.0526. The van der Waals surface area contributed by atoms with E-state index in [1.807, 2.05) is 0 Å². The molecule has 0 amide bonds. The van der Waals surface area contributed by atoms with Crippen LogP contribution >= 0.6 is 0 Å². The molecule has 0 N–H and O–H groups in total. The summed E-state index contributed by atoms with van der Waals surface area (Å²) in [6.07, 6.45) is 3.41. The minimum absolute atomic E-state index is 0.322. The van der Waals surface area contributed by atoms with Gasteiger partial charge in [0.2, 0.25) is 0 Å². The molecule has 0 saturated heterocycles. The minimum atomic E-state index is -0.322. The maximum Gasteiger partial charge on any atom is 0.338 e. The summed E-state index contributed by atoms with van der Waals surface area (Å²) in [5, 5.41) is 1.78. The van der Waals surface area contributed by atoms with Gasteiger partial charge in [-0.1, -0.05) is 0 Å². The fraction of sp³-hybridized carbons (Fsp3) is 0.143. The van der Waals surface area contributed by atoms with Crippen LogP contribution in [0, 0.1) is 0 Å². The molecule has 0 fully saturated rings. The number of hydrogen-bond donors (Lipinski definition) is 0. The van der Waals surface area contributed by atoms with Crippen LogP contribution in [-0.4, -0.2) is 17.6 Å². The highest BCUT2D eigenvalue weighted by atomic mass is 16.5. The van der Waals surface area contributed by atoms with Crippen LogP contribution in [0.2, 0.25) is 0 Å². The van der Waals surface area contributed by atoms with Gasteiger partial charge in [0.25, 0.3) is 0 Å². The minimum Gasteiger partial charge on any atom is -0.462 e. The fourth-order valence-electron chi connectivity index (χ4n) is 1.96. The lowest BCUT2D eigenvalue weighted by atomic mass is 10.1. The maximum atomic E-state index is 11.7. The van der Waals surface area contributed by atoms with E-state index in [0.29, 0.717) is 12.2 Å². The average Bonchev–Trinajstić information content (AvgIpc) is 2.76. The van der Waals surface area contributed by atoms with Crippen molar-refractivity contribution in [2.45, 2.75) is 6.92 Å². The monoisotopic (exact) mass is 241 g/mol. The summed E-state index contributed by atoms with van der Waals surface area (Å²) in [6.45, 7) is 2.15. The van der Waals surface area contributed by atoms with E-state index in [4.69, 9.17) is 9.15 Å². The van der Waals surface area contributed by atoms with Crippen LogP contribution < -0.4 is 0 Å². The first kappa shape index (κ1) is 10.8. The Balaban J connectivity index is 2.21. The molecule has 0 aliphatic heterocycles. The van der Waals surface area contributed by atoms with E-state index < -0.39 is 0 Å². The van der Waals surface area contributed by atoms with Crippen molar-refractivity contribution in [3.05, 3.63) is 42.2 Å². The number of carbonyl (C=O) groups excluding carboxylic acids is 1. The van der Waals surface area contributed by atoms with E-state index in [-0.39, 0.29) is 5.97 Å². The van der Waals surface area contributed by atoms with E-state index >= 15 is 0 Å². The largest absolute Gasteiger partial charge is 0.462 e.